The van der Waals surface area contributed by atoms with Gasteiger partial charge in [0, 0.05) is 16.1 Å². The molecule has 4 atom stereocenters. The second-order valence-electron chi connectivity index (χ2n) is 9.53. The van der Waals surface area contributed by atoms with E-state index in [2.05, 4.69) is 5.32 Å². The second kappa shape index (κ2) is 12.0. The molecule has 14 heteroatoms. The Labute approximate surface area is 259 Å². The van der Waals surface area contributed by atoms with Crippen molar-refractivity contribution in [2.75, 3.05) is 13.2 Å². The number of amides is 2. The first-order valence-electron chi connectivity index (χ1n) is 12.5. The second-order valence-corrected chi connectivity index (χ2v) is 12.3. The van der Waals surface area contributed by atoms with E-state index < -0.39 is 40.1 Å². The fraction of sp³-hybridized carbons (Fsp3) is 0.250. The molecule has 42 heavy (non-hydrogen) atoms. The van der Waals surface area contributed by atoms with E-state index in [0.29, 0.717) is 10.8 Å². The lowest BCUT2D eigenvalue weighted by atomic mass is 9.94. The molecule has 0 saturated carbocycles. The predicted octanol–water partition coefficient (Wildman–Crippen LogP) is 5.21. The largest absolute Gasteiger partial charge is 0.508 e. The fourth-order valence-electron chi connectivity index (χ4n) is 4.50. The van der Waals surface area contributed by atoms with Gasteiger partial charge in [0.2, 0.25) is 11.5 Å². The molecule has 2 aliphatic heterocycles. The van der Waals surface area contributed by atoms with Gasteiger partial charge in [0.1, 0.15) is 28.7 Å². The topological polar surface area (TPSA) is 135 Å². The lowest BCUT2D eigenvalue weighted by molar-refractivity contribution is -0.166. The van der Waals surface area contributed by atoms with Crippen molar-refractivity contribution in [1.29, 1.82) is 0 Å². The average molecular weight is 654 g/mol. The minimum Gasteiger partial charge on any atom is -0.508 e. The summed E-state index contributed by atoms with van der Waals surface area (Å²) in [7, 11) is 0. The van der Waals surface area contributed by atoms with Gasteiger partial charge in [0.25, 0.3) is 5.91 Å². The maximum absolute atomic E-state index is 13.0. The van der Waals surface area contributed by atoms with Crippen LogP contribution in [0, 0.1) is 0 Å². The standard InChI is InChI=1S/C28H23Cl3N2O8S/c1-14-28(27(37)38,41-22-11-16(30)3-9-21(22)40-20-8-2-15(29)10-19(20)31)13-33-25(36)24(26(33)42-14)32-23(35)12-39-18-6-4-17(34)5-7-18/h2-11,14,24,26,34H,12-13H2,1H3,(H,32,35)(H,37,38)/t14?,24?,26-,28?/m1/s1. The number of β-lactam (4-membered cyclic amide) rings is 1. The van der Waals surface area contributed by atoms with Crippen LogP contribution in [-0.4, -0.2) is 68.3 Å². The molecule has 5 rings (SSSR count). The van der Waals surface area contributed by atoms with Gasteiger partial charge in [0.15, 0.2) is 18.1 Å². The Kier molecular flexibility index (Phi) is 8.56. The fourth-order valence-corrected chi connectivity index (χ4v) is 6.64. The van der Waals surface area contributed by atoms with Gasteiger partial charge in [-0.2, -0.15) is 0 Å². The van der Waals surface area contributed by atoms with Crippen molar-refractivity contribution in [3.05, 3.63) is 75.7 Å². The molecule has 3 N–H and O–H groups in total. The summed E-state index contributed by atoms with van der Waals surface area (Å²) in [5.41, 5.74) is -1.87. The molecule has 3 aromatic rings. The summed E-state index contributed by atoms with van der Waals surface area (Å²) in [5, 5.41) is 22.1. The van der Waals surface area contributed by atoms with Crippen LogP contribution in [0.15, 0.2) is 60.7 Å². The number of nitrogens with zero attached hydrogens (tertiary/aromatic N) is 1. The maximum Gasteiger partial charge on any atom is 0.351 e. The Morgan fingerprint density at radius 3 is 2.36 bits per heavy atom. The molecule has 3 aromatic carbocycles. The molecule has 2 saturated heterocycles. The van der Waals surface area contributed by atoms with Gasteiger partial charge in [-0.15, -0.1) is 11.8 Å². The van der Waals surface area contributed by atoms with Crippen LogP contribution < -0.4 is 19.5 Å². The van der Waals surface area contributed by atoms with Crippen molar-refractivity contribution in [3.8, 4) is 28.7 Å². The van der Waals surface area contributed by atoms with Crippen LogP contribution in [0.4, 0.5) is 0 Å². The molecule has 0 radical (unpaired) electrons. The van der Waals surface area contributed by atoms with Gasteiger partial charge in [-0.3, -0.25) is 9.59 Å². The van der Waals surface area contributed by atoms with Crippen molar-refractivity contribution < 1.29 is 38.8 Å². The number of aromatic hydroxyl groups is 1. The number of ether oxygens (including phenoxy) is 3. The number of rotatable bonds is 9. The average Bonchev–Trinajstić information content (AvgIpc) is 2.95. The minimum absolute atomic E-state index is 0.0334. The van der Waals surface area contributed by atoms with Gasteiger partial charge in [0.05, 0.1) is 16.8 Å². The number of hydrogen-bond acceptors (Lipinski definition) is 8. The Morgan fingerprint density at radius 1 is 1.02 bits per heavy atom. The first kappa shape index (κ1) is 30.0. The van der Waals surface area contributed by atoms with Gasteiger partial charge in [-0.05, 0) is 61.5 Å². The summed E-state index contributed by atoms with van der Waals surface area (Å²) >= 11 is 19.6. The molecule has 0 aliphatic carbocycles. The third-order valence-electron chi connectivity index (χ3n) is 6.74. The molecule has 10 nitrogen and oxygen atoms in total. The zero-order valence-electron chi connectivity index (χ0n) is 21.8. The number of carbonyl (C=O) groups excluding carboxylic acids is 2. The number of hydrogen-bond donors (Lipinski definition) is 3. The molecular weight excluding hydrogens is 631 g/mol. The third kappa shape index (κ3) is 6.00. The first-order valence-corrected chi connectivity index (χ1v) is 14.6. The van der Waals surface area contributed by atoms with Crippen LogP contribution in [0.2, 0.25) is 15.1 Å². The molecule has 220 valence electrons. The van der Waals surface area contributed by atoms with Crippen molar-refractivity contribution >= 4 is 64.3 Å². The Morgan fingerprint density at radius 2 is 1.69 bits per heavy atom. The SMILES string of the molecule is CC1S[C@@H]2C(NC(=O)COc3ccc(O)cc3)C(=O)N2CC1(Oc1cc(Cl)ccc1Oc1ccc(Cl)cc1Cl)C(=O)O. The first-order chi connectivity index (χ1) is 20.0. The molecule has 2 amide bonds. The summed E-state index contributed by atoms with van der Waals surface area (Å²) in [6.07, 6.45) is 0. The van der Waals surface area contributed by atoms with E-state index in [-0.39, 0.29) is 46.2 Å². The van der Waals surface area contributed by atoms with Crippen LogP contribution in [0.1, 0.15) is 6.92 Å². The number of phenolic OH excluding ortho intramolecular Hbond substituents is 1. The molecule has 3 unspecified atom stereocenters. The number of carbonyl (C=O) groups is 3. The Bertz CT molecular complexity index is 1540. The van der Waals surface area contributed by atoms with Crippen LogP contribution in [0.5, 0.6) is 28.7 Å². The lowest BCUT2D eigenvalue weighted by Crippen LogP contribution is -2.77. The highest BCUT2D eigenvalue weighted by molar-refractivity contribution is 8.00. The van der Waals surface area contributed by atoms with Crippen LogP contribution in [0.3, 0.4) is 0 Å². The van der Waals surface area contributed by atoms with Crippen molar-refractivity contribution in [3.63, 3.8) is 0 Å². The number of thioether (sulfide) groups is 1. The van der Waals surface area contributed by atoms with Gasteiger partial charge in [-0.25, -0.2) is 4.79 Å². The number of fused-ring (bicyclic) bond motifs is 1. The summed E-state index contributed by atoms with van der Waals surface area (Å²) in [5.74, 6) is -1.40. The Hall–Kier alpha value is -3.51. The predicted molar refractivity (Wildman–Crippen MR) is 157 cm³/mol. The summed E-state index contributed by atoms with van der Waals surface area (Å²) in [6.45, 7) is 1.04. The molecule has 0 aromatic heterocycles. The maximum atomic E-state index is 13.0. The van der Waals surface area contributed by atoms with E-state index in [0.717, 1.165) is 0 Å². The number of carboxylic acid groups (broad SMARTS) is 1. The van der Waals surface area contributed by atoms with E-state index in [4.69, 9.17) is 49.0 Å². The normalized spacial score (nSPS) is 22.9. The lowest BCUT2D eigenvalue weighted by Gasteiger charge is -2.55. The molecule has 0 spiro atoms. The van der Waals surface area contributed by atoms with Gasteiger partial charge >= 0.3 is 5.97 Å². The summed E-state index contributed by atoms with van der Waals surface area (Å²) in [6, 6.07) is 14.1. The van der Waals surface area contributed by atoms with Crippen molar-refractivity contribution in [2.45, 2.75) is 29.2 Å². The van der Waals surface area contributed by atoms with Gasteiger partial charge < -0.3 is 34.6 Å². The smallest absolute Gasteiger partial charge is 0.351 e. The number of phenols is 1. The summed E-state index contributed by atoms with van der Waals surface area (Å²) < 4.78 is 17.5. The zero-order chi connectivity index (χ0) is 30.2. The number of carboxylic acids is 1. The monoisotopic (exact) mass is 652 g/mol. The number of benzene rings is 3. The van der Waals surface area contributed by atoms with E-state index in [1.165, 1.54) is 59.1 Å². The van der Waals surface area contributed by atoms with Crippen molar-refractivity contribution in [1.82, 2.24) is 10.2 Å². The number of halogens is 3. The van der Waals surface area contributed by atoms with Crippen LogP contribution >= 0.6 is 46.6 Å². The highest BCUT2D eigenvalue weighted by Crippen LogP contribution is 2.47. The minimum atomic E-state index is -1.87. The van der Waals surface area contributed by atoms with E-state index in [1.54, 1.807) is 25.1 Å². The number of aliphatic carboxylic acids is 1. The van der Waals surface area contributed by atoms with Crippen molar-refractivity contribution in [2.24, 2.45) is 0 Å². The quantitative estimate of drug-likeness (QED) is 0.266. The highest BCUT2D eigenvalue weighted by Gasteiger charge is 2.62. The molecular formula is C28H23Cl3N2O8S. The molecule has 2 heterocycles. The third-order valence-corrected chi connectivity index (χ3v) is 9.10. The summed E-state index contributed by atoms with van der Waals surface area (Å²) in [4.78, 5) is 39.6. The van der Waals surface area contributed by atoms with Crippen LogP contribution in [-0.2, 0) is 14.4 Å². The van der Waals surface area contributed by atoms with E-state index in [1.807, 2.05) is 0 Å². The van der Waals surface area contributed by atoms with E-state index in [9.17, 15) is 24.6 Å². The van der Waals surface area contributed by atoms with Crippen LogP contribution in [0.25, 0.3) is 0 Å². The zero-order valence-corrected chi connectivity index (χ0v) is 24.8. The molecule has 0 bridgehead atoms. The van der Waals surface area contributed by atoms with E-state index >= 15 is 0 Å². The van der Waals surface area contributed by atoms with Gasteiger partial charge in [-0.1, -0.05) is 34.8 Å². The highest BCUT2D eigenvalue weighted by atomic mass is 35.5. The number of nitrogens with one attached hydrogen (secondary N) is 1. The molecule has 2 aliphatic rings. The molecule has 2 fully saturated rings. The Balaban J connectivity index is 1.30.